The highest BCUT2D eigenvalue weighted by Gasteiger charge is 2.15. The molecule has 1 atom stereocenters. The van der Waals surface area contributed by atoms with Crippen LogP contribution < -0.4 is 0 Å². The van der Waals surface area contributed by atoms with E-state index >= 15 is 0 Å². The van der Waals surface area contributed by atoms with Crippen molar-refractivity contribution in [3.63, 3.8) is 0 Å². The summed E-state index contributed by atoms with van der Waals surface area (Å²) in [6.45, 7) is 0. The number of hydrogen-bond acceptors (Lipinski definition) is 1. The van der Waals surface area contributed by atoms with Gasteiger partial charge in [-0.3, -0.25) is 4.79 Å². The normalized spacial score (nSPS) is 12.5. The molecule has 1 rings (SSSR count). The van der Waals surface area contributed by atoms with Crippen molar-refractivity contribution in [2.24, 2.45) is 0 Å². The molecule has 5 heteroatoms. The van der Waals surface area contributed by atoms with Crippen LogP contribution in [-0.2, 0) is 11.2 Å². The van der Waals surface area contributed by atoms with Crippen LogP contribution in [0, 0.1) is 0 Å². The standard InChI is InChI=1S/C9H7Cl3O2/c10-6-2-1-5(7(11)4-6)3-8(12)9(13)14/h1-2,4,8H,3H2,(H,13,14)/t8-/m0/s1. The van der Waals surface area contributed by atoms with Crippen molar-refractivity contribution < 1.29 is 9.90 Å². The molecule has 0 radical (unpaired) electrons. The van der Waals surface area contributed by atoms with Gasteiger partial charge < -0.3 is 5.11 Å². The largest absolute Gasteiger partial charge is 0.480 e. The Kier molecular flexibility index (Phi) is 4.05. The topological polar surface area (TPSA) is 37.3 Å². The van der Waals surface area contributed by atoms with E-state index in [-0.39, 0.29) is 6.42 Å². The highest BCUT2D eigenvalue weighted by Crippen LogP contribution is 2.23. The minimum absolute atomic E-state index is 0.187. The van der Waals surface area contributed by atoms with Gasteiger partial charge in [0.1, 0.15) is 5.38 Å². The van der Waals surface area contributed by atoms with E-state index in [1.165, 1.54) is 0 Å². The van der Waals surface area contributed by atoms with Crippen LogP contribution in [0.4, 0.5) is 0 Å². The highest BCUT2D eigenvalue weighted by atomic mass is 35.5. The Balaban J connectivity index is 2.82. The Labute approximate surface area is 96.4 Å². The van der Waals surface area contributed by atoms with E-state index in [0.717, 1.165) is 0 Å². The molecule has 1 N–H and O–H groups in total. The van der Waals surface area contributed by atoms with Gasteiger partial charge in [0.05, 0.1) is 0 Å². The third kappa shape index (κ3) is 3.05. The molecule has 0 heterocycles. The second-order valence-corrected chi connectivity index (χ2v) is 4.12. The third-order valence-corrected chi connectivity index (χ3v) is 2.61. The van der Waals surface area contributed by atoms with E-state index in [0.29, 0.717) is 15.6 Å². The molecule has 0 aliphatic carbocycles. The fourth-order valence-corrected chi connectivity index (χ4v) is 1.62. The number of alkyl halides is 1. The average Bonchev–Trinajstić information content (AvgIpc) is 2.09. The van der Waals surface area contributed by atoms with E-state index in [1.807, 2.05) is 0 Å². The van der Waals surface area contributed by atoms with Crippen molar-refractivity contribution >= 4 is 40.8 Å². The van der Waals surface area contributed by atoms with Crippen LogP contribution in [0.3, 0.4) is 0 Å². The maximum atomic E-state index is 10.5. The first-order valence-electron chi connectivity index (χ1n) is 3.81. The summed E-state index contributed by atoms with van der Waals surface area (Å²) < 4.78 is 0. The first-order valence-corrected chi connectivity index (χ1v) is 5.00. The van der Waals surface area contributed by atoms with Crippen molar-refractivity contribution in [3.05, 3.63) is 33.8 Å². The summed E-state index contributed by atoms with van der Waals surface area (Å²) in [4.78, 5) is 10.5. The minimum Gasteiger partial charge on any atom is -0.480 e. The SMILES string of the molecule is O=C(O)[C@@H](Cl)Cc1ccc(Cl)cc1Cl. The Morgan fingerprint density at radius 3 is 2.57 bits per heavy atom. The predicted octanol–water partition coefficient (Wildman–Crippen LogP) is 3.23. The van der Waals surface area contributed by atoms with Crippen LogP contribution in [0.1, 0.15) is 5.56 Å². The number of hydrogen-bond donors (Lipinski definition) is 1. The van der Waals surface area contributed by atoms with Gasteiger partial charge in [0, 0.05) is 16.5 Å². The van der Waals surface area contributed by atoms with E-state index in [2.05, 4.69) is 0 Å². The van der Waals surface area contributed by atoms with Crippen LogP contribution >= 0.6 is 34.8 Å². The number of benzene rings is 1. The number of aliphatic carboxylic acids is 1. The van der Waals surface area contributed by atoms with Crippen LogP contribution in [0.2, 0.25) is 10.0 Å². The maximum Gasteiger partial charge on any atom is 0.321 e. The summed E-state index contributed by atoms with van der Waals surface area (Å²) in [5, 5.41) is 8.57. The minimum atomic E-state index is -1.06. The molecule has 0 bridgehead atoms. The monoisotopic (exact) mass is 252 g/mol. The first kappa shape index (κ1) is 11.6. The number of carboxylic acids is 1. The van der Waals surface area contributed by atoms with Crippen molar-refractivity contribution in [1.29, 1.82) is 0 Å². The van der Waals surface area contributed by atoms with Gasteiger partial charge in [0.25, 0.3) is 0 Å². The summed E-state index contributed by atoms with van der Waals surface area (Å²) in [6.07, 6.45) is 0.187. The maximum absolute atomic E-state index is 10.5. The van der Waals surface area contributed by atoms with Gasteiger partial charge in [0.15, 0.2) is 0 Å². The number of carboxylic acid groups (broad SMARTS) is 1. The fourth-order valence-electron chi connectivity index (χ4n) is 0.968. The van der Waals surface area contributed by atoms with Gasteiger partial charge in [-0.1, -0.05) is 29.3 Å². The van der Waals surface area contributed by atoms with Gasteiger partial charge in [-0.15, -0.1) is 11.6 Å². The molecule has 0 aliphatic heterocycles. The van der Waals surface area contributed by atoms with E-state index in [4.69, 9.17) is 39.9 Å². The second-order valence-electron chi connectivity index (χ2n) is 2.75. The molecule has 0 amide bonds. The van der Waals surface area contributed by atoms with Crippen molar-refractivity contribution in [2.45, 2.75) is 11.8 Å². The Morgan fingerprint density at radius 1 is 1.43 bits per heavy atom. The zero-order chi connectivity index (χ0) is 10.7. The number of rotatable bonds is 3. The van der Waals surface area contributed by atoms with Gasteiger partial charge in [-0.05, 0) is 17.7 Å². The molecule has 2 nitrogen and oxygen atoms in total. The van der Waals surface area contributed by atoms with Gasteiger partial charge in [-0.2, -0.15) is 0 Å². The fraction of sp³-hybridized carbons (Fsp3) is 0.222. The lowest BCUT2D eigenvalue weighted by Gasteiger charge is -2.06. The van der Waals surface area contributed by atoms with Crippen LogP contribution in [-0.4, -0.2) is 16.5 Å². The Morgan fingerprint density at radius 2 is 2.07 bits per heavy atom. The van der Waals surface area contributed by atoms with E-state index in [1.54, 1.807) is 18.2 Å². The molecule has 14 heavy (non-hydrogen) atoms. The van der Waals surface area contributed by atoms with E-state index < -0.39 is 11.3 Å². The van der Waals surface area contributed by atoms with Crippen molar-refractivity contribution in [3.8, 4) is 0 Å². The summed E-state index contributed by atoms with van der Waals surface area (Å²) in [5.41, 5.74) is 0.679. The lowest BCUT2D eigenvalue weighted by molar-refractivity contribution is -0.136. The van der Waals surface area contributed by atoms with Crippen LogP contribution in [0.15, 0.2) is 18.2 Å². The smallest absolute Gasteiger partial charge is 0.321 e. The molecular weight excluding hydrogens is 246 g/mol. The lowest BCUT2D eigenvalue weighted by atomic mass is 10.1. The molecule has 1 aromatic rings. The Bertz CT molecular complexity index is 352. The van der Waals surface area contributed by atoms with Crippen molar-refractivity contribution in [1.82, 2.24) is 0 Å². The molecule has 0 unspecified atom stereocenters. The summed E-state index contributed by atoms with van der Waals surface area (Å²) in [6, 6.07) is 4.88. The first-order chi connectivity index (χ1) is 6.50. The average molecular weight is 254 g/mol. The molecule has 76 valence electrons. The predicted molar refractivity (Wildman–Crippen MR) is 57.4 cm³/mol. The molecule has 0 spiro atoms. The molecule has 0 saturated heterocycles. The zero-order valence-corrected chi connectivity index (χ0v) is 9.27. The zero-order valence-electron chi connectivity index (χ0n) is 7.01. The third-order valence-electron chi connectivity index (χ3n) is 1.68. The molecule has 0 saturated carbocycles. The second kappa shape index (κ2) is 4.87. The molecule has 1 aromatic carbocycles. The summed E-state index contributed by atoms with van der Waals surface area (Å²) in [5.74, 6) is -1.06. The van der Waals surface area contributed by atoms with Crippen molar-refractivity contribution in [2.75, 3.05) is 0 Å². The molecule has 0 fully saturated rings. The summed E-state index contributed by atoms with van der Waals surface area (Å²) in [7, 11) is 0. The molecule has 0 aliphatic rings. The van der Waals surface area contributed by atoms with E-state index in [9.17, 15) is 4.79 Å². The number of halogens is 3. The lowest BCUT2D eigenvalue weighted by Crippen LogP contribution is -2.16. The van der Waals surface area contributed by atoms with Gasteiger partial charge in [0.2, 0.25) is 0 Å². The number of carbonyl (C=O) groups is 1. The Hall–Kier alpha value is -0.440. The quantitative estimate of drug-likeness (QED) is 0.840. The molecule has 0 aromatic heterocycles. The van der Waals surface area contributed by atoms with Crippen LogP contribution in [0.25, 0.3) is 0 Å². The summed E-state index contributed by atoms with van der Waals surface area (Å²) >= 11 is 17.1. The molecular formula is C9H7Cl3O2. The highest BCUT2D eigenvalue weighted by molar-refractivity contribution is 6.35. The van der Waals surface area contributed by atoms with Gasteiger partial charge in [-0.25, -0.2) is 0 Å². The van der Waals surface area contributed by atoms with Gasteiger partial charge >= 0.3 is 5.97 Å². The van der Waals surface area contributed by atoms with Crippen LogP contribution in [0.5, 0.6) is 0 Å².